The molecule has 5 nitrogen and oxygen atoms in total. The van der Waals surface area contributed by atoms with Crippen molar-refractivity contribution in [1.29, 1.82) is 0 Å². The van der Waals surface area contributed by atoms with Gasteiger partial charge in [-0.15, -0.1) is 0 Å². The maximum Gasteiger partial charge on any atom is 0.416 e. The van der Waals surface area contributed by atoms with Gasteiger partial charge in [0.25, 0.3) is 0 Å². The molecule has 1 saturated heterocycles. The molecule has 2 aliphatic rings. The van der Waals surface area contributed by atoms with E-state index in [-0.39, 0.29) is 35.5 Å². The van der Waals surface area contributed by atoms with E-state index in [9.17, 15) is 23.4 Å². The normalized spacial score (nSPS) is 20.5. The van der Waals surface area contributed by atoms with Crippen molar-refractivity contribution in [2.45, 2.75) is 45.5 Å². The molecule has 0 aliphatic carbocycles. The van der Waals surface area contributed by atoms with Crippen molar-refractivity contribution in [2.75, 3.05) is 19.7 Å². The smallest absolute Gasteiger partial charge is 0.416 e. The molecule has 206 valence electrons. The Kier molecular flexibility index (Phi) is 7.25. The number of aromatic hydroxyl groups is 2. The molecule has 0 saturated carbocycles. The van der Waals surface area contributed by atoms with E-state index in [0.717, 1.165) is 25.6 Å². The summed E-state index contributed by atoms with van der Waals surface area (Å²) in [5, 5.41) is 20.2. The summed E-state index contributed by atoms with van der Waals surface area (Å²) in [6.45, 7) is 8.19. The van der Waals surface area contributed by atoms with Gasteiger partial charge in [0.15, 0.2) is 6.10 Å². The SMILES string of the molecule is CC1=C(c2cccc(O)c2)C(c2ccc(OCC(C)N3CCC(C)C3)cc2C(F)(F)F)Oc2ccc(O)cc21. The Bertz CT molecular complexity index is 1400. The number of hydrogen-bond acceptors (Lipinski definition) is 5. The van der Waals surface area contributed by atoms with Crippen molar-refractivity contribution in [2.24, 2.45) is 5.92 Å². The lowest BCUT2D eigenvalue weighted by Gasteiger charge is -2.32. The molecule has 0 amide bonds. The number of halogens is 3. The first-order valence-corrected chi connectivity index (χ1v) is 13.1. The van der Waals surface area contributed by atoms with Gasteiger partial charge >= 0.3 is 6.18 Å². The number of fused-ring (bicyclic) bond motifs is 1. The second kappa shape index (κ2) is 10.5. The van der Waals surface area contributed by atoms with Gasteiger partial charge in [-0.25, -0.2) is 0 Å². The van der Waals surface area contributed by atoms with Gasteiger partial charge in [-0.2, -0.15) is 13.2 Å². The first-order valence-electron chi connectivity index (χ1n) is 13.1. The predicted octanol–water partition coefficient (Wildman–Crippen LogP) is 7.29. The molecule has 3 atom stereocenters. The van der Waals surface area contributed by atoms with E-state index in [1.807, 2.05) is 6.92 Å². The van der Waals surface area contributed by atoms with Gasteiger partial charge in [-0.1, -0.05) is 25.1 Å². The van der Waals surface area contributed by atoms with Gasteiger partial charge < -0.3 is 19.7 Å². The Labute approximate surface area is 226 Å². The highest BCUT2D eigenvalue weighted by Crippen LogP contribution is 2.50. The first-order chi connectivity index (χ1) is 18.5. The molecule has 2 heterocycles. The number of ether oxygens (including phenoxy) is 2. The zero-order valence-electron chi connectivity index (χ0n) is 22.1. The summed E-state index contributed by atoms with van der Waals surface area (Å²) in [6, 6.07) is 14.9. The van der Waals surface area contributed by atoms with Crippen molar-refractivity contribution >= 4 is 11.1 Å². The van der Waals surface area contributed by atoms with Crippen LogP contribution in [0.4, 0.5) is 13.2 Å². The van der Waals surface area contributed by atoms with Crippen LogP contribution in [0.3, 0.4) is 0 Å². The van der Waals surface area contributed by atoms with E-state index >= 15 is 0 Å². The van der Waals surface area contributed by atoms with Crippen LogP contribution < -0.4 is 9.47 Å². The van der Waals surface area contributed by atoms with Crippen LogP contribution in [-0.2, 0) is 6.18 Å². The summed E-state index contributed by atoms with van der Waals surface area (Å²) >= 11 is 0. The molecule has 2 N–H and O–H groups in total. The van der Waals surface area contributed by atoms with E-state index in [4.69, 9.17) is 9.47 Å². The molecule has 8 heteroatoms. The van der Waals surface area contributed by atoms with Gasteiger partial charge in [0.2, 0.25) is 0 Å². The molecular formula is C31H32F3NO4. The number of phenols is 2. The van der Waals surface area contributed by atoms with E-state index in [1.165, 1.54) is 30.3 Å². The summed E-state index contributed by atoms with van der Waals surface area (Å²) < 4.78 is 55.6. The number of nitrogens with zero attached hydrogens (tertiary/aromatic N) is 1. The monoisotopic (exact) mass is 539 g/mol. The van der Waals surface area contributed by atoms with E-state index in [2.05, 4.69) is 11.8 Å². The van der Waals surface area contributed by atoms with Crippen LogP contribution in [0.15, 0.2) is 60.7 Å². The van der Waals surface area contributed by atoms with Gasteiger partial charge in [0.1, 0.15) is 29.6 Å². The second-order valence-electron chi connectivity index (χ2n) is 10.6. The van der Waals surface area contributed by atoms with Crippen molar-refractivity contribution in [1.82, 2.24) is 4.90 Å². The first kappa shape index (κ1) is 26.9. The minimum absolute atomic E-state index is 0.0144. The minimum Gasteiger partial charge on any atom is -0.508 e. The molecule has 5 rings (SSSR count). The van der Waals surface area contributed by atoms with Crippen molar-refractivity contribution < 1.29 is 32.9 Å². The minimum atomic E-state index is -4.67. The predicted molar refractivity (Wildman–Crippen MR) is 144 cm³/mol. The van der Waals surface area contributed by atoms with Crippen LogP contribution in [0.2, 0.25) is 0 Å². The standard InChI is InChI=1S/C31H32F3NO4/c1-18-11-12-35(16-18)19(2)17-38-24-8-9-25(27(15-24)31(32,33)34)30-29(21-5-4-6-22(36)13-21)20(3)26-14-23(37)7-10-28(26)39-30/h4-10,13-15,18-19,30,36-37H,11-12,16-17H2,1-3H3. The number of allylic oxidation sites excluding steroid dienone is 1. The third kappa shape index (κ3) is 5.57. The van der Waals surface area contributed by atoms with E-state index < -0.39 is 17.8 Å². The average Bonchev–Trinajstić information content (AvgIpc) is 3.33. The number of likely N-dealkylation sites (tertiary alicyclic amines) is 1. The lowest BCUT2D eigenvalue weighted by atomic mass is 9.84. The number of phenolic OH excluding ortho intramolecular Hbond substituents is 2. The molecular weight excluding hydrogens is 507 g/mol. The summed E-state index contributed by atoms with van der Waals surface area (Å²) in [4.78, 5) is 2.30. The van der Waals surface area contributed by atoms with Crippen LogP contribution in [0.5, 0.6) is 23.0 Å². The van der Waals surface area contributed by atoms with E-state index in [1.54, 1.807) is 31.2 Å². The fraction of sp³-hybridized carbons (Fsp3) is 0.355. The summed E-state index contributed by atoms with van der Waals surface area (Å²) in [5.74, 6) is 1.10. The van der Waals surface area contributed by atoms with Crippen molar-refractivity contribution in [3.8, 4) is 23.0 Å². The van der Waals surface area contributed by atoms with Gasteiger partial charge in [-0.3, -0.25) is 4.90 Å². The third-order valence-corrected chi connectivity index (χ3v) is 7.62. The molecule has 0 radical (unpaired) electrons. The lowest BCUT2D eigenvalue weighted by molar-refractivity contribution is -0.138. The molecule has 3 aromatic rings. The number of rotatable bonds is 6. The highest BCUT2D eigenvalue weighted by atomic mass is 19.4. The quantitative estimate of drug-likeness (QED) is 0.345. The third-order valence-electron chi connectivity index (χ3n) is 7.62. The Morgan fingerprint density at radius 1 is 1.05 bits per heavy atom. The van der Waals surface area contributed by atoms with Crippen LogP contribution in [-0.4, -0.2) is 40.9 Å². The number of benzene rings is 3. The van der Waals surface area contributed by atoms with Gasteiger partial charge in [0, 0.05) is 29.3 Å². The molecule has 39 heavy (non-hydrogen) atoms. The van der Waals surface area contributed by atoms with Crippen LogP contribution in [0.1, 0.15) is 55.5 Å². The van der Waals surface area contributed by atoms with Crippen LogP contribution in [0, 0.1) is 5.92 Å². The van der Waals surface area contributed by atoms with Gasteiger partial charge in [0.05, 0.1) is 5.56 Å². The zero-order chi connectivity index (χ0) is 27.9. The van der Waals surface area contributed by atoms with Crippen molar-refractivity contribution in [3.63, 3.8) is 0 Å². The Morgan fingerprint density at radius 3 is 2.51 bits per heavy atom. The molecule has 3 aromatic carbocycles. The van der Waals surface area contributed by atoms with Crippen LogP contribution in [0.25, 0.3) is 11.1 Å². The second-order valence-corrected chi connectivity index (χ2v) is 10.6. The Hall–Kier alpha value is -3.65. The summed E-state index contributed by atoms with van der Waals surface area (Å²) in [7, 11) is 0. The highest BCUT2D eigenvalue weighted by Gasteiger charge is 2.40. The van der Waals surface area contributed by atoms with E-state index in [0.29, 0.717) is 33.9 Å². The Balaban J connectivity index is 1.54. The molecule has 0 aromatic heterocycles. The average molecular weight is 540 g/mol. The van der Waals surface area contributed by atoms with Crippen LogP contribution >= 0.6 is 0 Å². The largest absolute Gasteiger partial charge is 0.508 e. The number of hydrogen-bond donors (Lipinski definition) is 2. The highest BCUT2D eigenvalue weighted by molar-refractivity contribution is 5.96. The molecule has 2 aliphatic heterocycles. The lowest BCUT2D eigenvalue weighted by Crippen LogP contribution is -2.35. The summed E-state index contributed by atoms with van der Waals surface area (Å²) in [6.07, 6.45) is -4.67. The fourth-order valence-corrected chi connectivity index (χ4v) is 5.49. The van der Waals surface area contributed by atoms with Crippen molar-refractivity contribution in [3.05, 3.63) is 82.9 Å². The molecule has 3 unspecified atom stereocenters. The molecule has 1 fully saturated rings. The zero-order valence-corrected chi connectivity index (χ0v) is 22.1. The number of alkyl halides is 3. The topological polar surface area (TPSA) is 62.2 Å². The maximum absolute atomic E-state index is 14.5. The molecule has 0 spiro atoms. The fourth-order valence-electron chi connectivity index (χ4n) is 5.49. The maximum atomic E-state index is 14.5. The Morgan fingerprint density at radius 2 is 1.82 bits per heavy atom. The summed E-state index contributed by atoms with van der Waals surface area (Å²) in [5.41, 5.74) is 1.30. The van der Waals surface area contributed by atoms with Gasteiger partial charge in [-0.05, 0) is 86.3 Å². The molecule has 0 bridgehead atoms.